The van der Waals surface area contributed by atoms with Crippen LogP contribution in [0.5, 0.6) is 0 Å². The summed E-state index contributed by atoms with van der Waals surface area (Å²) in [5.41, 5.74) is 4.72. The molecule has 2 aromatic rings. The molecule has 1 saturated carbocycles. The number of nitrogens with one attached hydrogen (secondary N) is 2. The van der Waals surface area contributed by atoms with E-state index in [4.69, 9.17) is 9.84 Å². The fourth-order valence-electron chi connectivity index (χ4n) is 5.44. The first-order valence-electron chi connectivity index (χ1n) is 12.6. The monoisotopic (exact) mass is 478 g/mol. The molecule has 3 unspecified atom stereocenters. The van der Waals surface area contributed by atoms with Gasteiger partial charge in [-0.1, -0.05) is 68.3 Å². The first-order chi connectivity index (χ1) is 17.0. The highest BCUT2D eigenvalue weighted by Gasteiger charge is 2.32. The normalized spacial score (nSPS) is 19.5. The van der Waals surface area contributed by atoms with E-state index in [-0.39, 0.29) is 42.7 Å². The largest absolute Gasteiger partial charge is 0.481 e. The van der Waals surface area contributed by atoms with Crippen LogP contribution in [0, 0.1) is 11.8 Å². The molecule has 0 bridgehead atoms. The first kappa shape index (κ1) is 24.8. The molecular formula is C28H34N2O5. The fourth-order valence-corrected chi connectivity index (χ4v) is 5.44. The predicted octanol–water partition coefficient (Wildman–Crippen LogP) is 4.70. The Balaban J connectivity index is 1.27. The molecule has 0 aromatic heterocycles. The molecule has 0 spiro atoms. The Bertz CT molecular complexity index is 1020. The number of carbonyl (C=O) groups excluding carboxylic acids is 2. The van der Waals surface area contributed by atoms with Gasteiger partial charge in [0.25, 0.3) is 0 Å². The maximum atomic E-state index is 12.7. The lowest BCUT2D eigenvalue weighted by molar-refractivity contribution is -0.138. The first-order valence-corrected chi connectivity index (χ1v) is 12.6. The van der Waals surface area contributed by atoms with Crippen LogP contribution < -0.4 is 10.6 Å². The number of amides is 2. The molecule has 0 aliphatic heterocycles. The third kappa shape index (κ3) is 6.02. The molecule has 2 aliphatic rings. The maximum Gasteiger partial charge on any atom is 0.407 e. The van der Waals surface area contributed by atoms with Crippen LogP contribution in [0.25, 0.3) is 11.1 Å². The topological polar surface area (TPSA) is 105 Å². The molecule has 0 heterocycles. The van der Waals surface area contributed by atoms with Crippen LogP contribution in [0.3, 0.4) is 0 Å². The Morgan fingerprint density at radius 1 is 1.03 bits per heavy atom. The van der Waals surface area contributed by atoms with Crippen LogP contribution in [0.15, 0.2) is 48.5 Å². The van der Waals surface area contributed by atoms with Gasteiger partial charge in [0, 0.05) is 31.3 Å². The number of carbonyl (C=O) groups is 3. The molecule has 1 fully saturated rings. The summed E-state index contributed by atoms with van der Waals surface area (Å²) in [5.74, 6) is -0.963. The van der Waals surface area contributed by atoms with Crippen LogP contribution in [-0.4, -0.2) is 42.3 Å². The molecule has 7 nitrogen and oxygen atoms in total. The van der Waals surface area contributed by atoms with Crippen LogP contribution >= 0.6 is 0 Å². The van der Waals surface area contributed by atoms with Crippen LogP contribution in [0.4, 0.5) is 4.79 Å². The zero-order chi connectivity index (χ0) is 24.8. The van der Waals surface area contributed by atoms with Gasteiger partial charge < -0.3 is 20.5 Å². The average molecular weight is 479 g/mol. The van der Waals surface area contributed by atoms with E-state index in [1.54, 1.807) is 0 Å². The number of fused-ring (bicyclic) bond motifs is 3. The highest BCUT2D eigenvalue weighted by atomic mass is 16.5. The number of alkyl carbamates (subject to hydrolysis) is 1. The van der Waals surface area contributed by atoms with Gasteiger partial charge >= 0.3 is 12.1 Å². The van der Waals surface area contributed by atoms with Crippen molar-refractivity contribution in [1.29, 1.82) is 0 Å². The summed E-state index contributed by atoms with van der Waals surface area (Å²) < 4.78 is 5.68. The van der Waals surface area contributed by atoms with Gasteiger partial charge in [-0.3, -0.25) is 9.59 Å². The summed E-state index contributed by atoms with van der Waals surface area (Å²) in [6.45, 7) is 2.55. The standard InChI is InChI=1S/C28H34N2O5/c1-2-18(14-27(32)33)16-29-26(31)15-19-8-7-13-25(19)30-28(34)35-17-24-22-11-5-3-9-20(22)21-10-4-6-12-23(21)24/h3-6,9-12,18-19,24-25H,2,7-8,13-17H2,1H3,(H,29,31)(H,30,34)(H,32,33). The fraction of sp³-hybridized carbons (Fsp3) is 0.464. The van der Waals surface area contributed by atoms with E-state index in [2.05, 4.69) is 34.9 Å². The zero-order valence-corrected chi connectivity index (χ0v) is 20.2. The van der Waals surface area contributed by atoms with Crippen molar-refractivity contribution in [3.8, 4) is 11.1 Å². The van der Waals surface area contributed by atoms with Crippen molar-refractivity contribution in [2.24, 2.45) is 11.8 Å². The van der Waals surface area contributed by atoms with Crippen LogP contribution in [0.2, 0.25) is 0 Å². The van der Waals surface area contributed by atoms with Gasteiger partial charge in [0.15, 0.2) is 0 Å². The van der Waals surface area contributed by atoms with E-state index in [1.807, 2.05) is 31.2 Å². The molecule has 3 N–H and O–H groups in total. The van der Waals surface area contributed by atoms with Gasteiger partial charge in [-0.15, -0.1) is 0 Å². The number of carboxylic acid groups (broad SMARTS) is 1. The van der Waals surface area contributed by atoms with E-state index in [0.717, 1.165) is 19.3 Å². The number of rotatable bonds is 10. The lowest BCUT2D eigenvalue weighted by atomic mass is 9.98. The Labute approximate surface area is 206 Å². The maximum absolute atomic E-state index is 12.7. The van der Waals surface area contributed by atoms with Crippen molar-refractivity contribution >= 4 is 18.0 Å². The summed E-state index contributed by atoms with van der Waals surface area (Å²) >= 11 is 0. The predicted molar refractivity (Wildman–Crippen MR) is 133 cm³/mol. The smallest absolute Gasteiger partial charge is 0.407 e. The lowest BCUT2D eigenvalue weighted by Crippen LogP contribution is -2.40. The lowest BCUT2D eigenvalue weighted by Gasteiger charge is -2.22. The molecule has 186 valence electrons. The van der Waals surface area contributed by atoms with Crippen molar-refractivity contribution in [3.63, 3.8) is 0 Å². The summed E-state index contributed by atoms with van der Waals surface area (Å²) in [6, 6.07) is 16.4. The van der Waals surface area contributed by atoms with Crippen molar-refractivity contribution in [3.05, 3.63) is 59.7 Å². The van der Waals surface area contributed by atoms with E-state index in [9.17, 15) is 14.4 Å². The summed E-state index contributed by atoms with van der Waals surface area (Å²) in [7, 11) is 0. The second kappa shape index (κ2) is 11.4. The molecule has 4 rings (SSSR count). The van der Waals surface area contributed by atoms with Crippen LogP contribution in [-0.2, 0) is 14.3 Å². The van der Waals surface area contributed by atoms with E-state index in [1.165, 1.54) is 22.3 Å². The SMILES string of the molecule is CCC(CNC(=O)CC1CCCC1NC(=O)OCC1c2ccccc2-c2ccccc21)CC(=O)O. The van der Waals surface area contributed by atoms with Gasteiger partial charge in [-0.05, 0) is 46.9 Å². The Kier molecular flexibility index (Phi) is 8.06. The minimum absolute atomic E-state index is 0.00983. The number of hydrogen-bond donors (Lipinski definition) is 3. The average Bonchev–Trinajstić information content (AvgIpc) is 3.41. The molecule has 2 aliphatic carbocycles. The second-order valence-corrected chi connectivity index (χ2v) is 9.65. The minimum Gasteiger partial charge on any atom is -0.481 e. The number of benzene rings is 2. The van der Waals surface area contributed by atoms with E-state index < -0.39 is 12.1 Å². The number of aliphatic carboxylic acids is 1. The third-order valence-corrected chi connectivity index (χ3v) is 7.38. The van der Waals surface area contributed by atoms with Crippen molar-refractivity contribution in [2.75, 3.05) is 13.2 Å². The van der Waals surface area contributed by atoms with Crippen molar-refractivity contribution < 1.29 is 24.2 Å². The summed E-state index contributed by atoms with van der Waals surface area (Å²) in [4.78, 5) is 36.1. The minimum atomic E-state index is -0.853. The highest BCUT2D eigenvalue weighted by Crippen LogP contribution is 2.44. The molecule has 2 aromatic carbocycles. The molecule has 7 heteroatoms. The summed E-state index contributed by atoms with van der Waals surface area (Å²) in [5, 5.41) is 14.8. The molecular weight excluding hydrogens is 444 g/mol. The zero-order valence-electron chi connectivity index (χ0n) is 20.2. The number of hydrogen-bond acceptors (Lipinski definition) is 4. The van der Waals surface area contributed by atoms with Gasteiger partial charge in [0.2, 0.25) is 5.91 Å². The molecule has 35 heavy (non-hydrogen) atoms. The van der Waals surface area contributed by atoms with Gasteiger partial charge in [0.1, 0.15) is 6.61 Å². The van der Waals surface area contributed by atoms with E-state index in [0.29, 0.717) is 19.4 Å². The Morgan fingerprint density at radius 2 is 1.69 bits per heavy atom. The number of ether oxygens (including phenoxy) is 1. The van der Waals surface area contributed by atoms with E-state index >= 15 is 0 Å². The molecule has 0 saturated heterocycles. The van der Waals surface area contributed by atoms with Gasteiger partial charge in [-0.25, -0.2) is 4.79 Å². The van der Waals surface area contributed by atoms with Crippen LogP contribution in [0.1, 0.15) is 62.5 Å². The Hall–Kier alpha value is -3.35. The molecule has 3 atom stereocenters. The number of carboxylic acids is 1. The Morgan fingerprint density at radius 3 is 2.31 bits per heavy atom. The summed E-state index contributed by atoms with van der Waals surface area (Å²) in [6.07, 6.45) is 3.25. The third-order valence-electron chi connectivity index (χ3n) is 7.38. The highest BCUT2D eigenvalue weighted by molar-refractivity contribution is 5.79. The van der Waals surface area contributed by atoms with Crippen molar-refractivity contribution in [1.82, 2.24) is 10.6 Å². The molecule has 0 radical (unpaired) electrons. The second-order valence-electron chi connectivity index (χ2n) is 9.65. The van der Waals surface area contributed by atoms with Crippen molar-refractivity contribution in [2.45, 2.75) is 57.4 Å². The van der Waals surface area contributed by atoms with Gasteiger partial charge in [0.05, 0.1) is 0 Å². The van der Waals surface area contributed by atoms with Gasteiger partial charge in [-0.2, -0.15) is 0 Å². The molecule has 2 amide bonds. The quantitative estimate of drug-likeness (QED) is 0.459.